The van der Waals surface area contributed by atoms with Crippen LogP contribution in [-0.2, 0) is 4.79 Å². The van der Waals surface area contributed by atoms with E-state index in [2.05, 4.69) is 10.2 Å². The molecular weight excluding hydrogens is 234 g/mol. The zero-order chi connectivity index (χ0) is 12.8. The SMILES string of the molecule is CCC(C(=O)NC(C)CN1CCCC1)C(N)=S. The molecule has 1 heterocycles. The van der Waals surface area contributed by atoms with E-state index in [-0.39, 0.29) is 17.9 Å². The Kier molecular flexibility index (Phi) is 5.85. The number of hydrogen-bond acceptors (Lipinski definition) is 3. The Hall–Kier alpha value is -0.680. The third-order valence-electron chi connectivity index (χ3n) is 3.19. The molecule has 0 aromatic heterocycles. The summed E-state index contributed by atoms with van der Waals surface area (Å²) in [6.07, 6.45) is 3.20. The van der Waals surface area contributed by atoms with Crippen molar-refractivity contribution in [1.29, 1.82) is 0 Å². The van der Waals surface area contributed by atoms with Crippen LogP contribution in [0, 0.1) is 5.92 Å². The van der Waals surface area contributed by atoms with Crippen LogP contribution in [-0.4, -0.2) is 41.5 Å². The summed E-state index contributed by atoms with van der Waals surface area (Å²) in [5.41, 5.74) is 5.55. The number of amides is 1. The first-order valence-electron chi connectivity index (χ1n) is 6.36. The molecule has 0 aliphatic carbocycles. The van der Waals surface area contributed by atoms with E-state index in [4.69, 9.17) is 18.0 Å². The van der Waals surface area contributed by atoms with Gasteiger partial charge in [-0.05, 0) is 39.3 Å². The molecule has 1 rings (SSSR count). The number of carbonyl (C=O) groups is 1. The van der Waals surface area contributed by atoms with Crippen molar-refractivity contribution in [3.8, 4) is 0 Å². The van der Waals surface area contributed by atoms with Crippen molar-refractivity contribution in [2.24, 2.45) is 11.7 Å². The average Bonchev–Trinajstić information content (AvgIpc) is 2.70. The Bertz CT molecular complexity index is 277. The second kappa shape index (κ2) is 6.91. The molecule has 0 saturated carbocycles. The smallest absolute Gasteiger partial charge is 0.230 e. The van der Waals surface area contributed by atoms with Crippen molar-refractivity contribution in [2.45, 2.75) is 39.2 Å². The number of likely N-dealkylation sites (tertiary alicyclic amines) is 1. The maximum Gasteiger partial charge on any atom is 0.230 e. The Morgan fingerprint density at radius 2 is 2.06 bits per heavy atom. The van der Waals surface area contributed by atoms with Crippen LogP contribution in [0.15, 0.2) is 0 Å². The van der Waals surface area contributed by atoms with Crippen molar-refractivity contribution in [3.05, 3.63) is 0 Å². The first-order valence-corrected chi connectivity index (χ1v) is 6.77. The van der Waals surface area contributed by atoms with Crippen molar-refractivity contribution < 1.29 is 4.79 Å². The lowest BCUT2D eigenvalue weighted by molar-refractivity contribution is -0.123. The summed E-state index contributed by atoms with van der Waals surface area (Å²) in [5, 5.41) is 2.99. The van der Waals surface area contributed by atoms with E-state index in [1.807, 2.05) is 13.8 Å². The Morgan fingerprint density at radius 3 is 2.53 bits per heavy atom. The van der Waals surface area contributed by atoms with Gasteiger partial charge in [-0.1, -0.05) is 19.1 Å². The number of nitrogens with zero attached hydrogens (tertiary/aromatic N) is 1. The molecule has 2 atom stereocenters. The normalized spacial score (nSPS) is 19.9. The fourth-order valence-corrected chi connectivity index (χ4v) is 2.53. The maximum atomic E-state index is 11.9. The Balaban J connectivity index is 2.35. The van der Waals surface area contributed by atoms with Crippen LogP contribution >= 0.6 is 12.2 Å². The van der Waals surface area contributed by atoms with Crippen LogP contribution in [0.5, 0.6) is 0 Å². The van der Waals surface area contributed by atoms with E-state index in [1.165, 1.54) is 12.8 Å². The largest absolute Gasteiger partial charge is 0.393 e. The van der Waals surface area contributed by atoms with Gasteiger partial charge in [0.15, 0.2) is 0 Å². The average molecular weight is 257 g/mol. The quantitative estimate of drug-likeness (QED) is 0.694. The Morgan fingerprint density at radius 1 is 1.47 bits per heavy atom. The third kappa shape index (κ3) is 4.60. The second-order valence-electron chi connectivity index (χ2n) is 4.78. The lowest BCUT2D eigenvalue weighted by atomic mass is 10.1. The van der Waals surface area contributed by atoms with Crippen molar-refractivity contribution in [3.63, 3.8) is 0 Å². The summed E-state index contributed by atoms with van der Waals surface area (Å²) in [5.74, 6) is -0.363. The van der Waals surface area contributed by atoms with Gasteiger partial charge in [0, 0.05) is 12.6 Å². The molecule has 4 nitrogen and oxygen atoms in total. The summed E-state index contributed by atoms with van der Waals surface area (Å²) in [6.45, 7) is 7.16. The number of thiocarbonyl (C=S) groups is 1. The van der Waals surface area contributed by atoms with Crippen molar-refractivity contribution in [1.82, 2.24) is 10.2 Å². The highest BCUT2D eigenvalue weighted by Gasteiger charge is 2.22. The molecule has 98 valence electrons. The van der Waals surface area contributed by atoms with Gasteiger partial charge in [0.05, 0.1) is 10.9 Å². The van der Waals surface area contributed by atoms with Gasteiger partial charge < -0.3 is 16.0 Å². The number of nitrogens with one attached hydrogen (secondary N) is 1. The van der Waals surface area contributed by atoms with Crippen LogP contribution in [0.2, 0.25) is 0 Å². The van der Waals surface area contributed by atoms with Crippen LogP contribution in [0.1, 0.15) is 33.1 Å². The maximum absolute atomic E-state index is 11.9. The molecule has 1 aliphatic heterocycles. The predicted octanol–water partition coefficient (Wildman–Crippen LogP) is 0.899. The van der Waals surface area contributed by atoms with Crippen molar-refractivity contribution in [2.75, 3.05) is 19.6 Å². The lowest BCUT2D eigenvalue weighted by Gasteiger charge is -2.23. The molecule has 0 aromatic rings. The summed E-state index contributed by atoms with van der Waals surface area (Å²) >= 11 is 4.90. The first-order chi connectivity index (χ1) is 8.04. The monoisotopic (exact) mass is 257 g/mol. The molecule has 0 spiro atoms. The summed E-state index contributed by atoms with van der Waals surface area (Å²) in [6, 6.07) is 0.156. The van der Waals surface area contributed by atoms with Gasteiger partial charge >= 0.3 is 0 Å². The standard InChI is InChI=1S/C12H23N3OS/c1-3-10(11(13)17)12(16)14-9(2)8-15-6-4-5-7-15/h9-10H,3-8H2,1-2H3,(H2,13,17)(H,14,16). The number of carbonyl (C=O) groups excluding carboxylic acids is 1. The van der Waals surface area contributed by atoms with E-state index in [9.17, 15) is 4.79 Å². The van der Waals surface area contributed by atoms with Gasteiger partial charge in [-0.2, -0.15) is 0 Å². The van der Waals surface area contributed by atoms with Gasteiger partial charge in [-0.15, -0.1) is 0 Å². The molecule has 0 aromatic carbocycles. The van der Waals surface area contributed by atoms with Crippen LogP contribution in [0.25, 0.3) is 0 Å². The molecule has 1 fully saturated rings. The van der Waals surface area contributed by atoms with Gasteiger partial charge in [0.1, 0.15) is 0 Å². The van der Waals surface area contributed by atoms with E-state index in [0.717, 1.165) is 19.6 Å². The topological polar surface area (TPSA) is 58.4 Å². The molecule has 1 amide bonds. The summed E-state index contributed by atoms with van der Waals surface area (Å²) < 4.78 is 0. The molecule has 0 bridgehead atoms. The third-order valence-corrected chi connectivity index (χ3v) is 3.47. The fraction of sp³-hybridized carbons (Fsp3) is 0.833. The van der Waals surface area contributed by atoms with Crippen LogP contribution < -0.4 is 11.1 Å². The molecule has 17 heavy (non-hydrogen) atoms. The van der Waals surface area contributed by atoms with E-state index >= 15 is 0 Å². The van der Waals surface area contributed by atoms with Crippen LogP contribution in [0.4, 0.5) is 0 Å². The van der Waals surface area contributed by atoms with E-state index in [0.29, 0.717) is 11.4 Å². The molecule has 5 heteroatoms. The highest BCUT2D eigenvalue weighted by molar-refractivity contribution is 7.80. The summed E-state index contributed by atoms with van der Waals surface area (Å²) in [4.78, 5) is 14.6. The van der Waals surface area contributed by atoms with E-state index in [1.54, 1.807) is 0 Å². The number of rotatable bonds is 6. The number of hydrogen-bond donors (Lipinski definition) is 2. The predicted molar refractivity (Wildman–Crippen MR) is 73.8 cm³/mol. The van der Waals surface area contributed by atoms with Crippen molar-refractivity contribution >= 4 is 23.1 Å². The van der Waals surface area contributed by atoms with Crippen LogP contribution in [0.3, 0.4) is 0 Å². The molecule has 2 unspecified atom stereocenters. The molecule has 3 N–H and O–H groups in total. The Labute approximate surface area is 109 Å². The van der Waals surface area contributed by atoms with Gasteiger partial charge in [-0.25, -0.2) is 0 Å². The minimum atomic E-state index is -0.328. The molecule has 1 aliphatic rings. The minimum absolute atomic E-state index is 0.0355. The van der Waals surface area contributed by atoms with Gasteiger partial charge in [0.25, 0.3) is 0 Å². The molecular formula is C12H23N3OS. The zero-order valence-corrected chi connectivity index (χ0v) is 11.6. The van der Waals surface area contributed by atoms with E-state index < -0.39 is 0 Å². The fourth-order valence-electron chi connectivity index (χ4n) is 2.26. The van der Waals surface area contributed by atoms with Gasteiger partial charge in [-0.3, -0.25) is 4.79 Å². The minimum Gasteiger partial charge on any atom is -0.393 e. The highest BCUT2D eigenvalue weighted by Crippen LogP contribution is 2.08. The zero-order valence-electron chi connectivity index (χ0n) is 10.7. The second-order valence-corrected chi connectivity index (χ2v) is 5.25. The number of nitrogens with two attached hydrogens (primary N) is 1. The lowest BCUT2D eigenvalue weighted by Crippen LogP contribution is -2.45. The molecule has 0 radical (unpaired) electrons. The summed E-state index contributed by atoms with van der Waals surface area (Å²) in [7, 11) is 0. The highest BCUT2D eigenvalue weighted by atomic mass is 32.1. The molecule has 1 saturated heterocycles. The first kappa shape index (κ1) is 14.4. The van der Waals surface area contributed by atoms with Gasteiger partial charge in [0.2, 0.25) is 5.91 Å².